The second kappa shape index (κ2) is 9.90. The number of ether oxygens (including phenoxy) is 1. The van der Waals surface area contributed by atoms with Crippen molar-refractivity contribution in [3.63, 3.8) is 0 Å². The van der Waals surface area contributed by atoms with Crippen LogP contribution < -0.4 is 15.4 Å². The maximum atomic E-state index is 12.3. The number of nitrogens with two attached hydrogens (primary N) is 1. The van der Waals surface area contributed by atoms with Crippen molar-refractivity contribution < 1.29 is 14.8 Å². The molecule has 4 nitrogen and oxygen atoms in total. The molecule has 0 aliphatic heterocycles. The van der Waals surface area contributed by atoms with E-state index >= 15 is 0 Å². The molecular weight excluding hydrogens is 356 g/mol. The maximum Gasteiger partial charge on any atom is 0.275 e. The lowest BCUT2D eigenvalue weighted by Gasteiger charge is -2.14. The van der Waals surface area contributed by atoms with Crippen LogP contribution in [-0.2, 0) is 11.2 Å². The number of carbonyl (C=O) groups excluding carboxylic acids is 1. The van der Waals surface area contributed by atoms with Gasteiger partial charge in [0.15, 0.2) is 6.54 Å². The minimum Gasteiger partial charge on any atom is -0.497 e. The van der Waals surface area contributed by atoms with E-state index in [0.717, 1.165) is 12.2 Å². The Labute approximate surface area is 164 Å². The first kappa shape index (κ1) is 19.1. The summed E-state index contributed by atoms with van der Waals surface area (Å²) >= 11 is 1.72. The van der Waals surface area contributed by atoms with Crippen LogP contribution in [0.3, 0.4) is 0 Å². The molecule has 0 bridgehead atoms. The standard InChI is InChI=1S/C22H24N2O2S/c1-26-19-11-9-17(10-12-19)13-14-23-21(25)16-24-22(20-8-5-15-27-20)18-6-3-2-4-7-18/h2-12,15,22,24H,13-14,16H2,1H3,(H,23,25)/p+1/t22-/m1/s1. The van der Waals surface area contributed by atoms with Gasteiger partial charge in [-0.05, 0) is 35.6 Å². The Kier molecular flexibility index (Phi) is 7.02. The van der Waals surface area contributed by atoms with Crippen molar-refractivity contribution in [2.45, 2.75) is 12.5 Å². The third kappa shape index (κ3) is 5.67. The third-order valence-electron chi connectivity index (χ3n) is 4.44. The molecule has 3 aromatic rings. The average molecular weight is 382 g/mol. The van der Waals surface area contributed by atoms with Gasteiger partial charge in [-0.15, -0.1) is 11.3 Å². The van der Waals surface area contributed by atoms with E-state index in [-0.39, 0.29) is 11.9 Å². The molecule has 1 heterocycles. The van der Waals surface area contributed by atoms with Gasteiger partial charge in [-0.3, -0.25) is 4.79 Å². The normalized spacial score (nSPS) is 11.7. The molecule has 0 fully saturated rings. The van der Waals surface area contributed by atoms with Gasteiger partial charge >= 0.3 is 0 Å². The Morgan fingerprint density at radius 3 is 2.52 bits per heavy atom. The van der Waals surface area contributed by atoms with E-state index in [0.29, 0.717) is 13.1 Å². The number of rotatable bonds is 9. The molecule has 0 aliphatic rings. The van der Waals surface area contributed by atoms with Crippen molar-refractivity contribution >= 4 is 17.2 Å². The van der Waals surface area contributed by atoms with Crippen LogP contribution in [0.2, 0.25) is 0 Å². The summed E-state index contributed by atoms with van der Waals surface area (Å²) < 4.78 is 5.16. The van der Waals surface area contributed by atoms with E-state index in [1.54, 1.807) is 18.4 Å². The lowest BCUT2D eigenvalue weighted by molar-refractivity contribution is -0.676. The highest BCUT2D eigenvalue weighted by molar-refractivity contribution is 7.10. The number of nitrogens with one attached hydrogen (secondary N) is 1. The second-order valence-electron chi connectivity index (χ2n) is 6.29. The molecule has 0 aliphatic carbocycles. The van der Waals surface area contributed by atoms with E-state index in [9.17, 15) is 4.79 Å². The molecule has 1 aromatic heterocycles. The fraction of sp³-hybridized carbons (Fsp3) is 0.227. The summed E-state index contributed by atoms with van der Waals surface area (Å²) in [6, 6.07) is 22.6. The molecule has 140 valence electrons. The number of hydrogen-bond acceptors (Lipinski definition) is 3. The van der Waals surface area contributed by atoms with E-state index in [2.05, 4.69) is 40.3 Å². The van der Waals surface area contributed by atoms with Gasteiger partial charge in [0.25, 0.3) is 5.91 Å². The zero-order valence-electron chi connectivity index (χ0n) is 15.4. The fourth-order valence-electron chi connectivity index (χ4n) is 2.98. The summed E-state index contributed by atoms with van der Waals surface area (Å²) in [6.07, 6.45) is 0.808. The lowest BCUT2D eigenvalue weighted by Crippen LogP contribution is -2.87. The number of methoxy groups -OCH3 is 1. The summed E-state index contributed by atoms with van der Waals surface area (Å²) in [7, 11) is 1.66. The highest BCUT2D eigenvalue weighted by Crippen LogP contribution is 2.22. The zero-order chi connectivity index (χ0) is 18.9. The Morgan fingerprint density at radius 1 is 1.07 bits per heavy atom. The first-order valence-corrected chi connectivity index (χ1v) is 9.95. The predicted molar refractivity (Wildman–Crippen MR) is 109 cm³/mol. The summed E-state index contributed by atoms with van der Waals surface area (Å²) in [6.45, 7) is 1.04. The molecule has 5 heteroatoms. The fourth-order valence-corrected chi connectivity index (χ4v) is 3.83. The minimum atomic E-state index is 0.0565. The van der Waals surface area contributed by atoms with Crippen LogP contribution >= 0.6 is 11.3 Å². The largest absolute Gasteiger partial charge is 0.497 e. The van der Waals surface area contributed by atoms with Crippen molar-refractivity contribution in [3.05, 3.63) is 88.1 Å². The van der Waals surface area contributed by atoms with Crippen molar-refractivity contribution in [1.29, 1.82) is 0 Å². The summed E-state index contributed by atoms with van der Waals surface area (Å²) in [4.78, 5) is 13.5. The van der Waals surface area contributed by atoms with Gasteiger partial charge < -0.3 is 15.4 Å². The van der Waals surface area contributed by atoms with Gasteiger partial charge in [0, 0.05) is 12.1 Å². The molecule has 0 saturated heterocycles. The van der Waals surface area contributed by atoms with Crippen molar-refractivity contribution in [1.82, 2.24) is 5.32 Å². The molecular formula is C22H25N2O2S+. The highest BCUT2D eigenvalue weighted by Gasteiger charge is 2.19. The quantitative estimate of drug-likeness (QED) is 0.599. The molecule has 27 heavy (non-hydrogen) atoms. The monoisotopic (exact) mass is 381 g/mol. The molecule has 0 unspecified atom stereocenters. The number of hydrogen-bond donors (Lipinski definition) is 2. The smallest absolute Gasteiger partial charge is 0.275 e. The molecule has 3 rings (SSSR count). The van der Waals surface area contributed by atoms with E-state index < -0.39 is 0 Å². The second-order valence-corrected chi connectivity index (χ2v) is 7.27. The molecule has 1 atom stereocenters. The average Bonchev–Trinajstić information content (AvgIpc) is 3.24. The first-order valence-electron chi connectivity index (χ1n) is 9.07. The number of quaternary nitrogens is 1. The van der Waals surface area contributed by atoms with Crippen LogP contribution in [0.15, 0.2) is 72.1 Å². The Morgan fingerprint density at radius 2 is 1.85 bits per heavy atom. The van der Waals surface area contributed by atoms with Gasteiger partial charge in [-0.1, -0.05) is 48.5 Å². The molecule has 1 amide bonds. The Hall–Kier alpha value is -2.63. The predicted octanol–water partition coefficient (Wildman–Crippen LogP) is 2.77. The maximum absolute atomic E-state index is 12.3. The van der Waals surface area contributed by atoms with Gasteiger partial charge in [0.05, 0.1) is 12.0 Å². The summed E-state index contributed by atoms with van der Waals surface area (Å²) in [5.41, 5.74) is 2.40. The van der Waals surface area contributed by atoms with E-state index in [1.807, 2.05) is 42.5 Å². The third-order valence-corrected chi connectivity index (χ3v) is 5.40. The Bertz CT molecular complexity index is 817. The van der Waals surface area contributed by atoms with Crippen molar-refractivity contribution in [2.75, 3.05) is 20.2 Å². The topological polar surface area (TPSA) is 54.9 Å². The van der Waals surface area contributed by atoms with Crippen LogP contribution in [0, 0.1) is 0 Å². The summed E-state index contributed by atoms with van der Waals surface area (Å²) in [5.74, 6) is 0.902. The van der Waals surface area contributed by atoms with Crippen LogP contribution in [0.4, 0.5) is 0 Å². The van der Waals surface area contributed by atoms with Crippen LogP contribution in [0.25, 0.3) is 0 Å². The zero-order valence-corrected chi connectivity index (χ0v) is 16.2. The van der Waals surface area contributed by atoms with Crippen molar-refractivity contribution in [2.24, 2.45) is 0 Å². The van der Waals surface area contributed by atoms with E-state index in [4.69, 9.17) is 4.74 Å². The van der Waals surface area contributed by atoms with Gasteiger partial charge in [0.1, 0.15) is 11.8 Å². The number of carbonyl (C=O) groups is 1. The molecule has 0 spiro atoms. The molecule has 3 N–H and O–H groups in total. The molecule has 0 saturated carbocycles. The number of benzene rings is 2. The van der Waals surface area contributed by atoms with Crippen LogP contribution in [0.1, 0.15) is 22.0 Å². The SMILES string of the molecule is COc1ccc(CCNC(=O)C[NH2+][C@H](c2ccccc2)c2cccs2)cc1. The highest BCUT2D eigenvalue weighted by atomic mass is 32.1. The van der Waals surface area contributed by atoms with Crippen molar-refractivity contribution in [3.8, 4) is 5.75 Å². The first-order chi connectivity index (χ1) is 13.3. The van der Waals surface area contributed by atoms with E-state index in [1.165, 1.54) is 16.0 Å². The van der Waals surface area contributed by atoms with Crippen LogP contribution in [-0.4, -0.2) is 26.1 Å². The van der Waals surface area contributed by atoms with Gasteiger partial charge in [-0.25, -0.2) is 0 Å². The summed E-state index contributed by atoms with van der Waals surface area (Å²) in [5, 5.41) is 7.19. The lowest BCUT2D eigenvalue weighted by atomic mass is 10.1. The Balaban J connectivity index is 1.49. The molecule has 2 aromatic carbocycles. The van der Waals surface area contributed by atoms with Crippen LogP contribution in [0.5, 0.6) is 5.75 Å². The minimum absolute atomic E-state index is 0.0565. The number of thiophene rings is 1. The molecule has 0 radical (unpaired) electrons. The number of amides is 1. The van der Waals surface area contributed by atoms with Gasteiger partial charge in [0.2, 0.25) is 0 Å². The van der Waals surface area contributed by atoms with Gasteiger partial charge in [-0.2, -0.15) is 0 Å².